The average Bonchev–Trinajstić information content (AvgIpc) is 2.61. The minimum atomic E-state index is -0.250. The molecule has 0 aliphatic carbocycles. The first-order valence-electron chi connectivity index (χ1n) is 7.64. The normalized spacial score (nSPS) is 20.4. The highest BCUT2D eigenvalue weighted by atomic mass is 35.5. The molecule has 2 aromatic rings. The average molecular weight is 357 g/mol. The summed E-state index contributed by atoms with van der Waals surface area (Å²) in [7, 11) is 0. The van der Waals surface area contributed by atoms with E-state index in [4.69, 9.17) is 23.8 Å². The van der Waals surface area contributed by atoms with Crippen LogP contribution in [0.25, 0.3) is 5.70 Å². The highest BCUT2D eigenvalue weighted by Crippen LogP contribution is 2.32. The molecule has 24 heavy (non-hydrogen) atoms. The third-order valence-electron chi connectivity index (χ3n) is 3.99. The second-order valence-corrected chi connectivity index (χ2v) is 6.33. The van der Waals surface area contributed by atoms with E-state index in [1.807, 2.05) is 54.6 Å². The molecular formula is C19H17ClN2OS. The van der Waals surface area contributed by atoms with Gasteiger partial charge in [-0.25, -0.2) is 0 Å². The van der Waals surface area contributed by atoms with Gasteiger partial charge in [-0.05, 0) is 30.2 Å². The molecule has 0 radical (unpaired) electrons. The summed E-state index contributed by atoms with van der Waals surface area (Å²) in [6.07, 6.45) is -0.209. The Hall–Kier alpha value is -2.01. The number of ketones is 1. The molecular weight excluding hydrogens is 340 g/mol. The van der Waals surface area contributed by atoms with E-state index in [-0.39, 0.29) is 18.0 Å². The summed E-state index contributed by atoms with van der Waals surface area (Å²) in [6, 6.07) is 17.1. The van der Waals surface area contributed by atoms with E-state index in [0.29, 0.717) is 10.6 Å². The van der Waals surface area contributed by atoms with Gasteiger partial charge < -0.3 is 5.32 Å². The Morgan fingerprint density at radius 1 is 1.12 bits per heavy atom. The molecule has 2 unspecified atom stereocenters. The lowest BCUT2D eigenvalue weighted by Gasteiger charge is -2.34. The number of nitrogens with one attached hydrogen (secondary N) is 2. The number of carbonyl (C=O) groups is 1. The van der Waals surface area contributed by atoms with Crippen LogP contribution in [0.3, 0.4) is 0 Å². The summed E-state index contributed by atoms with van der Waals surface area (Å²) in [5.41, 5.74) is 3.44. The van der Waals surface area contributed by atoms with Crippen LogP contribution >= 0.6 is 23.8 Å². The number of rotatable bonds is 4. The molecule has 0 bridgehead atoms. The van der Waals surface area contributed by atoms with Crippen LogP contribution in [0.2, 0.25) is 5.02 Å². The molecule has 122 valence electrons. The number of hydrogen-bond acceptors (Lipinski definition) is 4. The van der Waals surface area contributed by atoms with Gasteiger partial charge in [0.1, 0.15) is 6.17 Å². The van der Waals surface area contributed by atoms with E-state index >= 15 is 0 Å². The van der Waals surface area contributed by atoms with Crippen molar-refractivity contribution < 1.29 is 4.79 Å². The van der Waals surface area contributed by atoms with E-state index in [2.05, 4.69) is 10.6 Å². The van der Waals surface area contributed by atoms with Gasteiger partial charge in [-0.15, -0.1) is 0 Å². The Bertz CT molecular complexity index is 787. The van der Waals surface area contributed by atoms with Crippen molar-refractivity contribution in [2.75, 3.05) is 0 Å². The number of halogens is 1. The van der Waals surface area contributed by atoms with Crippen LogP contribution in [0, 0.1) is 0 Å². The number of carbonyl (C=O) groups excluding carboxylic acids is 1. The molecule has 0 saturated heterocycles. The van der Waals surface area contributed by atoms with Gasteiger partial charge in [0.05, 0.1) is 11.7 Å². The van der Waals surface area contributed by atoms with E-state index in [9.17, 15) is 4.79 Å². The highest BCUT2D eigenvalue weighted by molar-refractivity contribution is 7.79. The second-order valence-electron chi connectivity index (χ2n) is 5.62. The van der Waals surface area contributed by atoms with Gasteiger partial charge >= 0.3 is 0 Å². The van der Waals surface area contributed by atoms with E-state index in [0.717, 1.165) is 16.8 Å². The molecule has 2 N–H and O–H groups in total. The van der Waals surface area contributed by atoms with Crippen molar-refractivity contribution in [1.29, 1.82) is 0 Å². The molecule has 1 aliphatic rings. The topological polar surface area (TPSA) is 41.1 Å². The van der Waals surface area contributed by atoms with E-state index in [1.165, 1.54) is 0 Å². The summed E-state index contributed by atoms with van der Waals surface area (Å²) in [6.45, 7) is 1.59. The molecule has 1 heterocycles. The quantitative estimate of drug-likeness (QED) is 0.815. The number of Topliss-reactive ketones (excluding diaryl/α,β-unsaturated/α-hetero) is 1. The number of hydrogen-bond donors (Lipinski definition) is 2. The minimum absolute atomic E-state index is 0.0108. The summed E-state index contributed by atoms with van der Waals surface area (Å²) in [5.74, 6) is 0.0108. The Morgan fingerprint density at radius 2 is 1.79 bits per heavy atom. The lowest BCUT2D eigenvalue weighted by molar-refractivity contribution is -0.114. The van der Waals surface area contributed by atoms with Gasteiger partial charge in [-0.3, -0.25) is 10.1 Å². The summed E-state index contributed by atoms with van der Waals surface area (Å²) in [5, 5.41) is 8.99. The number of benzene rings is 2. The summed E-state index contributed by atoms with van der Waals surface area (Å²) >= 11 is 11.1. The molecule has 0 saturated carbocycles. The van der Waals surface area contributed by atoms with Gasteiger partial charge in [0.15, 0.2) is 5.78 Å². The predicted molar refractivity (Wildman–Crippen MR) is 102 cm³/mol. The zero-order valence-electron chi connectivity index (χ0n) is 13.1. The maximum Gasteiger partial charge on any atom is 0.159 e. The molecule has 0 spiro atoms. The number of thiocarbonyl (C=S) groups is 1. The monoisotopic (exact) mass is 356 g/mol. The molecule has 2 atom stereocenters. The van der Waals surface area contributed by atoms with Gasteiger partial charge in [0.2, 0.25) is 0 Å². The molecule has 1 aliphatic heterocycles. The van der Waals surface area contributed by atoms with Crippen LogP contribution < -0.4 is 10.6 Å². The molecule has 0 amide bonds. The third-order valence-corrected chi connectivity index (χ3v) is 4.51. The van der Waals surface area contributed by atoms with E-state index < -0.39 is 0 Å². The zero-order chi connectivity index (χ0) is 17.1. The molecule has 2 aromatic carbocycles. The first-order chi connectivity index (χ1) is 11.6. The van der Waals surface area contributed by atoms with Crippen LogP contribution in [-0.2, 0) is 4.79 Å². The van der Waals surface area contributed by atoms with Gasteiger partial charge in [-0.1, -0.05) is 66.3 Å². The fourth-order valence-electron chi connectivity index (χ4n) is 2.90. The van der Waals surface area contributed by atoms with Crippen molar-refractivity contribution in [3.8, 4) is 0 Å². The lowest BCUT2D eigenvalue weighted by Crippen LogP contribution is -2.50. The van der Waals surface area contributed by atoms with Crippen molar-refractivity contribution in [3.63, 3.8) is 0 Å². The zero-order valence-corrected chi connectivity index (χ0v) is 14.7. The van der Waals surface area contributed by atoms with E-state index in [1.54, 1.807) is 12.3 Å². The summed E-state index contributed by atoms with van der Waals surface area (Å²) < 4.78 is 0. The van der Waals surface area contributed by atoms with Crippen molar-refractivity contribution in [1.82, 2.24) is 10.6 Å². The third kappa shape index (κ3) is 3.41. The highest BCUT2D eigenvalue weighted by Gasteiger charge is 2.31. The molecule has 0 aromatic heterocycles. The maximum absolute atomic E-state index is 12.4. The first kappa shape index (κ1) is 16.8. The van der Waals surface area contributed by atoms with Crippen LogP contribution in [0.4, 0.5) is 0 Å². The maximum atomic E-state index is 12.4. The molecule has 5 heteroatoms. The fraction of sp³-hybridized carbons (Fsp3) is 0.158. The standard InChI is InChI=1S/C19H17ClN2OS/c1-12(23)17-18(13-5-3-2-4-6-13)21-16(11-24)22-19(17)14-7-9-15(20)10-8-14/h2-11,16,19,21-22H,1H3. The Labute approximate surface area is 151 Å². The van der Waals surface area contributed by atoms with Crippen LogP contribution in [-0.4, -0.2) is 17.3 Å². The van der Waals surface area contributed by atoms with Crippen LogP contribution in [0.5, 0.6) is 0 Å². The lowest BCUT2D eigenvalue weighted by atomic mass is 9.90. The second kappa shape index (κ2) is 7.26. The van der Waals surface area contributed by atoms with Crippen LogP contribution in [0.1, 0.15) is 24.1 Å². The first-order valence-corrected chi connectivity index (χ1v) is 8.49. The van der Waals surface area contributed by atoms with Crippen molar-refractivity contribution >= 4 is 40.7 Å². The van der Waals surface area contributed by atoms with Crippen molar-refractivity contribution in [2.24, 2.45) is 0 Å². The molecule has 3 rings (SSSR count). The SMILES string of the molecule is CC(=O)C1=C(c2ccccc2)NC(C=S)NC1c1ccc(Cl)cc1. The largest absolute Gasteiger partial charge is 0.365 e. The van der Waals surface area contributed by atoms with Crippen molar-refractivity contribution in [3.05, 3.63) is 76.3 Å². The smallest absolute Gasteiger partial charge is 0.159 e. The Balaban J connectivity index is 2.16. The minimum Gasteiger partial charge on any atom is -0.365 e. The molecule has 3 nitrogen and oxygen atoms in total. The fourth-order valence-corrected chi connectivity index (χ4v) is 3.17. The molecule has 0 fully saturated rings. The summed E-state index contributed by atoms with van der Waals surface area (Å²) in [4.78, 5) is 12.4. The van der Waals surface area contributed by atoms with Crippen LogP contribution in [0.15, 0.2) is 60.2 Å². The van der Waals surface area contributed by atoms with Gasteiger partial charge in [-0.2, -0.15) is 0 Å². The van der Waals surface area contributed by atoms with Gasteiger partial charge in [0, 0.05) is 16.0 Å². The van der Waals surface area contributed by atoms with Gasteiger partial charge in [0.25, 0.3) is 0 Å². The predicted octanol–water partition coefficient (Wildman–Crippen LogP) is 3.90. The van der Waals surface area contributed by atoms with Crippen molar-refractivity contribution in [2.45, 2.75) is 19.1 Å². The Morgan fingerprint density at radius 3 is 2.38 bits per heavy atom. The Kier molecular flexibility index (Phi) is 5.09.